The Labute approximate surface area is 102 Å². The molecule has 1 aromatic heterocycles. The first-order chi connectivity index (χ1) is 8.38. The zero-order valence-electron chi connectivity index (χ0n) is 10.1. The standard InChI is InChI=1S/C13H19N3O/c14-6-7-16(11-2-3-11)13-4-1-10-5-8-17-9-12(10)15-13/h1,4,11H,2-3,5-9,14H2. The molecule has 3 rings (SSSR count). The highest BCUT2D eigenvalue weighted by Crippen LogP contribution is 2.31. The van der Waals surface area contributed by atoms with Crippen molar-refractivity contribution in [3.63, 3.8) is 0 Å². The minimum Gasteiger partial charge on any atom is -0.375 e. The van der Waals surface area contributed by atoms with Crippen LogP contribution in [0.4, 0.5) is 5.82 Å². The zero-order valence-corrected chi connectivity index (χ0v) is 10.1. The summed E-state index contributed by atoms with van der Waals surface area (Å²) in [4.78, 5) is 7.08. The van der Waals surface area contributed by atoms with E-state index in [9.17, 15) is 0 Å². The molecule has 1 aromatic rings. The fourth-order valence-electron chi connectivity index (χ4n) is 2.39. The lowest BCUT2D eigenvalue weighted by molar-refractivity contribution is 0.107. The summed E-state index contributed by atoms with van der Waals surface area (Å²) in [5.74, 6) is 1.07. The van der Waals surface area contributed by atoms with Crippen molar-refractivity contribution in [3.8, 4) is 0 Å². The summed E-state index contributed by atoms with van der Waals surface area (Å²) >= 11 is 0. The number of rotatable bonds is 4. The van der Waals surface area contributed by atoms with Crippen molar-refractivity contribution in [2.75, 3.05) is 24.6 Å². The third kappa shape index (κ3) is 2.28. The third-order valence-electron chi connectivity index (χ3n) is 3.46. The molecule has 4 nitrogen and oxygen atoms in total. The van der Waals surface area contributed by atoms with E-state index in [1.165, 1.54) is 18.4 Å². The summed E-state index contributed by atoms with van der Waals surface area (Å²) in [7, 11) is 0. The average molecular weight is 233 g/mol. The summed E-state index contributed by atoms with van der Waals surface area (Å²) < 4.78 is 5.46. The van der Waals surface area contributed by atoms with Crippen molar-refractivity contribution >= 4 is 5.82 Å². The van der Waals surface area contributed by atoms with Gasteiger partial charge in [0.05, 0.1) is 18.9 Å². The van der Waals surface area contributed by atoms with Crippen molar-refractivity contribution in [2.45, 2.75) is 31.9 Å². The predicted molar refractivity (Wildman–Crippen MR) is 67.0 cm³/mol. The molecule has 1 aliphatic carbocycles. The molecule has 4 heteroatoms. The van der Waals surface area contributed by atoms with Gasteiger partial charge in [-0.25, -0.2) is 4.98 Å². The molecular formula is C13H19N3O. The lowest BCUT2D eigenvalue weighted by Crippen LogP contribution is -2.32. The van der Waals surface area contributed by atoms with Crippen molar-refractivity contribution in [3.05, 3.63) is 23.4 Å². The van der Waals surface area contributed by atoms with Gasteiger partial charge in [-0.05, 0) is 30.9 Å². The number of ether oxygens (including phenoxy) is 1. The molecule has 2 aliphatic rings. The van der Waals surface area contributed by atoms with E-state index in [1.54, 1.807) is 0 Å². The molecule has 1 fully saturated rings. The van der Waals surface area contributed by atoms with Gasteiger partial charge >= 0.3 is 0 Å². The smallest absolute Gasteiger partial charge is 0.129 e. The zero-order chi connectivity index (χ0) is 11.7. The second kappa shape index (κ2) is 4.63. The molecule has 0 spiro atoms. The number of anilines is 1. The van der Waals surface area contributed by atoms with Crippen molar-refractivity contribution in [2.24, 2.45) is 5.73 Å². The van der Waals surface area contributed by atoms with Crippen molar-refractivity contribution in [1.29, 1.82) is 0 Å². The van der Waals surface area contributed by atoms with Crippen LogP contribution in [0.15, 0.2) is 12.1 Å². The fraction of sp³-hybridized carbons (Fsp3) is 0.615. The summed E-state index contributed by atoms with van der Waals surface area (Å²) in [6.45, 7) is 3.07. The summed E-state index contributed by atoms with van der Waals surface area (Å²) in [6, 6.07) is 5.00. The molecule has 0 radical (unpaired) electrons. The van der Waals surface area contributed by atoms with Crippen LogP contribution in [0.2, 0.25) is 0 Å². The van der Waals surface area contributed by atoms with E-state index in [4.69, 9.17) is 15.5 Å². The molecule has 0 atom stereocenters. The Kier molecular flexibility index (Phi) is 2.99. The van der Waals surface area contributed by atoms with Gasteiger partial charge in [0.15, 0.2) is 0 Å². The van der Waals surface area contributed by atoms with Gasteiger partial charge in [-0.1, -0.05) is 6.07 Å². The quantitative estimate of drug-likeness (QED) is 0.845. The maximum absolute atomic E-state index is 5.68. The average Bonchev–Trinajstić information content (AvgIpc) is 3.20. The number of pyridine rings is 1. The van der Waals surface area contributed by atoms with Gasteiger partial charge in [0, 0.05) is 19.1 Å². The number of hydrogen-bond donors (Lipinski definition) is 1. The van der Waals surface area contributed by atoms with E-state index in [2.05, 4.69) is 17.0 Å². The highest BCUT2D eigenvalue weighted by atomic mass is 16.5. The van der Waals surface area contributed by atoms with Crippen LogP contribution in [0.5, 0.6) is 0 Å². The molecule has 0 aromatic carbocycles. The molecule has 2 N–H and O–H groups in total. The lowest BCUT2D eigenvalue weighted by Gasteiger charge is -2.25. The Morgan fingerprint density at radius 2 is 2.29 bits per heavy atom. The van der Waals surface area contributed by atoms with Gasteiger partial charge in [-0.15, -0.1) is 0 Å². The summed E-state index contributed by atoms with van der Waals surface area (Å²) in [5, 5.41) is 0. The van der Waals surface area contributed by atoms with Crippen LogP contribution in [-0.4, -0.2) is 30.7 Å². The molecular weight excluding hydrogens is 214 g/mol. The molecule has 92 valence electrons. The molecule has 17 heavy (non-hydrogen) atoms. The second-order valence-electron chi connectivity index (χ2n) is 4.79. The summed E-state index contributed by atoms with van der Waals surface area (Å²) in [5.41, 5.74) is 8.12. The topological polar surface area (TPSA) is 51.4 Å². The number of hydrogen-bond acceptors (Lipinski definition) is 4. The molecule has 2 heterocycles. The molecule has 0 saturated heterocycles. The highest BCUT2D eigenvalue weighted by Gasteiger charge is 2.29. The first-order valence-electron chi connectivity index (χ1n) is 6.42. The van der Waals surface area contributed by atoms with Crippen LogP contribution in [-0.2, 0) is 17.8 Å². The summed E-state index contributed by atoms with van der Waals surface area (Å²) in [6.07, 6.45) is 3.54. The van der Waals surface area contributed by atoms with Crippen LogP contribution in [0, 0.1) is 0 Å². The fourth-order valence-corrected chi connectivity index (χ4v) is 2.39. The Morgan fingerprint density at radius 1 is 1.41 bits per heavy atom. The monoisotopic (exact) mass is 233 g/mol. The minimum absolute atomic E-state index is 0.657. The van der Waals surface area contributed by atoms with E-state index in [-0.39, 0.29) is 0 Å². The van der Waals surface area contributed by atoms with E-state index < -0.39 is 0 Å². The van der Waals surface area contributed by atoms with Gasteiger partial charge < -0.3 is 15.4 Å². The maximum atomic E-state index is 5.68. The van der Waals surface area contributed by atoms with E-state index >= 15 is 0 Å². The molecule has 1 aliphatic heterocycles. The largest absolute Gasteiger partial charge is 0.375 e. The molecule has 0 amide bonds. The Hall–Kier alpha value is -1.13. The van der Waals surface area contributed by atoms with Crippen LogP contribution in [0.1, 0.15) is 24.1 Å². The second-order valence-corrected chi connectivity index (χ2v) is 4.79. The van der Waals surface area contributed by atoms with Crippen LogP contribution in [0.3, 0.4) is 0 Å². The van der Waals surface area contributed by atoms with Crippen molar-refractivity contribution < 1.29 is 4.74 Å². The first kappa shape index (κ1) is 11.0. The SMILES string of the molecule is NCCN(c1ccc2c(n1)COCC2)C1CC1. The van der Waals surface area contributed by atoms with Gasteiger partial charge in [-0.2, -0.15) is 0 Å². The third-order valence-corrected chi connectivity index (χ3v) is 3.46. The van der Waals surface area contributed by atoms with Crippen LogP contribution >= 0.6 is 0 Å². The van der Waals surface area contributed by atoms with Crippen LogP contribution < -0.4 is 10.6 Å². The van der Waals surface area contributed by atoms with E-state index in [0.29, 0.717) is 19.2 Å². The molecule has 1 saturated carbocycles. The predicted octanol–water partition coefficient (Wildman–Crippen LogP) is 1.08. The molecule has 0 unspecified atom stereocenters. The number of nitrogens with two attached hydrogens (primary N) is 1. The number of fused-ring (bicyclic) bond motifs is 1. The first-order valence-corrected chi connectivity index (χ1v) is 6.42. The van der Waals surface area contributed by atoms with Gasteiger partial charge in [0.25, 0.3) is 0 Å². The Bertz CT molecular complexity index is 404. The lowest BCUT2D eigenvalue weighted by atomic mass is 10.1. The van der Waals surface area contributed by atoms with Crippen LogP contribution in [0.25, 0.3) is 0 Å². The van der Waals surface area contributed by atoms with Gasteiger partial charge in [-0.3, -0.25) is 0 Å². The Morgan fingerprint density at radius 3 is 3.06 bits per heavy atom. The van der Waals surface area contributed by atoms with E-state index in [1.807, 2.05) is 0 Å². The number of nitrogens with zero attached hydrogens (tertiary/aromatic N) is 2. The Balaban J connectivity index is 1.85. The van der Waals surface area contributed by atoms with E-state index in [0.717, 1.165) is 31.1 Å². The van der Waals surface area contributed by atoms with Gasteiger partial charge in [0.1, 0.15) is 5.82 Å². The highest BCUT2D eigenvalue weighted by molar-refractivity contribution is 5.44. The maximum Gasteiger partial charge on any atom is 0.129 e. The van der Waals surface area contributed by atoms with Gasteiger partial charge in [0.2, 0.25) is 0 Å². The normalized spacial score (nSPS) is 18.9. The minimum atomic E-state index is 0.657. The van der Waals surface area contributed by atoms with Crippen molar-refractivity contribution in [1.82, 2.24) is 4.98 Å². The molecule has 0 bridgehead atoms. The number of aromatic nitrogens is 1.